The molecule has 8 aromatic carbocycles. The number of aromatic nitrogens is 2. The second kappa shape index (κ2) is 21.2. The first-order chi connectivity index (χ1) is 39.4. The molecule has 4 heterocycles. The average molecular weight is 1320 g/mol. The monoisotopic (exact) mass is 1320 g/mol. The van der Waals surface area contributed by atoms with Gasteiger partial charge in [0.25, 0.3) is 0 Å². The van der Waals surface area contributed by atoms with Crippen LogP contribution < -0.4 is 14.5 Å². The summed E-state index contributed by atoms with van der Waals surface area (Å²) in [5.41, 5.74) is 18.1. The van der Waals surface area contributed by atoms with Crippen LogP contribution in [0, 0.1) is 18.8 Å². The molecule has 1 aliphatic heterocycles. The van der Waals surface area contributed by atoms with Crippen molar-refractivity contribution in [3.05, 3.63) is 210 Å². The van der Waals surface area contributed by atoms with E-state index < -0.39 is 0 Å². The summed E-state index contributed by atoms with van der Waals surface area (Å²) in [5.74, 6) is 2.04. The molecule has 11 aromatic rings. The Morgan fingerprint density at radius 1 is 0.447 bits per heavy atom. The molecule has 0 fully saturated rings. The van der Waals surface area contributed by atoms with Gasteiger partial charge in [0.2, 0.25) is 0 Å². The van der Waals surface area contributed by atoms with Crippen molar-refractivity contribution in [3.63, 3.8) is 0 Å². The number of benzene rings is 8. The largest absolute Gasteiger partial charge is 0.509 e. The van der Waals surface area contributed by atoms with Gasteiger partial charge in [-0.2, -0.15) is 12.1 Å². The first kappa shape index (κ1) is 59.7. The van der Waals surface area contributed by atoms with Crippen molar-refractivity contribution in [2.45, 2.75) is 157 Å². The Hall–Kier alpha value is -6.98. The van der Waals surface area contributed by atoms with E-state index >= 15 is 0 Å². The molecular weight excluding hydrogens is 1240 g/mol. The Labute approximate surface area is 524 Å². The number of pyridine rings is 1. The molecule has 12 rings (SSSR count). The smallest absolute Gasteiger partial charge is 0.135 e. The van der Waals surface area contributed by atoms with Crippen molar-refractivity contribution in [2.75, 3.05) is 9.80 Å². The van der Waals surface area contributed by atoms with E-state index in [-0.39, 0.29) is 53.6 Å². The maximum atomic E-state index is 6.94. The zero-order valence-electron chi connectivity index (χ0n) is 53.0. The van der Waals surface area contributed by atoms with E-state index in [0.29, 0.717) is 11.5 Å². The summed E-state index contributed by atoms with van der Waals surface area (Å²) in [6, 6.07) is 64.1. The Balaban J connectivity index is 0.00000752. The van der Waals surface area contributed by atoms with Crippen molar-refractivity contribution in [1.82, 2.24) is 9.55 Å². The van der Waals surface area contributed by atoms with Crippen molar-refractivity contribution in [3.8, 4) is 39.6 Å². The number of rotatable bonds is 7. The van der Waals surface area contributed by atoms with Crippen LogP contribution in [0.25, 0.3) is 70.0 Å². The molecule has 0 unspecified atom stereocenters. The maximum Gasteiger partial charge on any atom is 0.135 e. The van der Waals surface area contributed by atoms with Gasteiger partial charge in [-0.1, -0.05) is 203 Å². The predicted molar refractivity (Wildman–Crippen MR) is 360 cm³/mol. The van der Waals surface area contributed by atoms with Gasteiger partial charge in [0.15, 0.2) is 0 Å². The molecule has 0 N–H and O–H groups in total. The van der Waals surface area contributed by atoms with Crippen LogP contribution in [-0.2, 0) is 53.6 Å². The summed E-state index contributed by atoms with van der Waals surface area (Å²) in [6.45, 7) is 44.1. The van der Waals surface area contributed by atoms with Crippen LogP contribution in [0.4, 0.5) is 22.7 Å². The molecule has 438 valence electrons. The molecule has 3 aromatic heterocycles. The quantitative estimate of drug-likeness (QED) is 0.149. The van der Waals surface area contributed by atoms with Gasteiger partial charge in [0, 0.05) is 92.6 Å². The molecule has 7 heteroatoms. The Kier molecular flexibility index (Phi) is 14.9. The molecule has 0 bridgehead atoms. The fourth-order valence-electron chi connectivity index (χ4n) is 11.8. The predicted octanol–water partition coefficient (Wildman–Crippen LogP) is 22.5. The van der Waals surface area contributed by atoms with Gasteiger partial charge in [-0.3, -0.25) is 0 Å². The molecule has 0 radical (unpaired) electrons. The van der Waals surface area contributed by atoms with Gasteiger partial charge in [0.1, 0.15) is 5.82 Å². The minimum atomic E-state index is -0.155. The minimum Gasteiger partial charge on any atom is -0.509 e. The maximum absolute atomic E-state index is 6.94. The van der Waals surface area contributed by atoms with Gasteiger partial charge in [-0.25, -0.2) is 4.98 Å². The standard InChI is InChI=1S/C78H81N4OS.Pt/c1-73(2,3)50-34-35-79-69(44-50)82-66-33-32-60-59-26-19-22-29-68(59)84-72(60)70(66)61-31-30-58(46-67(61)82)83-57-25-23-24-56(45-57)80-47-81(65-28-21-20-27-64(65)80)71-62(48-36-51(74(4,5)6)40-52(37-48)75(7,8)9)42-55(78(16,17)18)43-63(71)49-38-53(76(10,11)12)41-54(39-49)77(13,14)15;/h19-44,47H,1-18H3;/q-3;. The van der Waals surface area contributed by atoms with E-state index in [1.807, 2.05) is 23.6 Å². The summed E-state index contributed by atoms with van der Waals surface area (Å²) in [6.07, 6.45) is 1.93. The number of anilines is 4. The van der Waals surface area contributed by atoms with Gasteiger partial charge in [0.05, 0.1) is 0 Å². The van der Waals surface area contributed by atoms with Crippen molar-refractivity contribution >= 4 is 76.1 Å². The van der Waals surface area contributed by atoms with Crippen molar-refractivity contribution in [1.29, 1.82) is 0 Å². The summed E-state index contributed by atoms with van der Waals surface area (Å²) in [5, 5.41) is 4.83. The van der Waals surface area contributed by atoms with Gasteiger partial charge >= 0.3 is 0 Å². The zero-order chi connectivity index (χ0) is 59.8. The van der Waals surface area contributed by atoms with Gasteiger partial charge in [-0.05, 0) is 131 Å². The second-order valence-corrected chi connectivity index (χ2v) is 30.7. The Morgan fingerprint density at radius 3 is 1.52 bits per heavy atom. The number of thiophene rings is 1. The number of nitrogens with zero attached hydrogens (tertiary/aromatic N) is 4. The zero-order valence-corrected chi connectivity index (χ0v) is 56.1. The van der Waals surface area contributed by atoms with E-state index in [1.165, 1.54) is 81.2 Å². The normalized spacial score (nSPS) is 13.6. The van der Waals surface area contributed by atoms with E-state index in [1.54, 1.807) is 0 Å². The number of ether oxygens (including phenoxy) is 1. The van der Waals surface area contributed by atoms with E-state index in [0.717, 1.165) is 45.0 Å². The molecule has 0 aliphatic carbocycles. The topological polar surface area (TPSA) is 33.5 Å². The van der Waals surface area contributed by atoms with Crippen LogP contribution in [0.15, 0.2) is 158 Å². The third-order valence-corrected chi connectivity index (χ3v) is 18.2. The van der Waals surface area contributed by atoms with E-state index in [2.05, 4.69) is 303 Å². The number of hydrogen-bond acceptors (Lipinski definition) is 5. The fraction of sp³-hybridized carbons (Fsp3) is 0.308. The molecule has 0 spiro atoms. The van der Waals surface area contributed by atoms with Crippen LogP contribution in [0.5, 0.6) is 11.5 Å². The fourth-order valence-corrected chi connectivity index (χ4v) is 13.1. The van der Waals surface area contributed by atoms with Crippen LogP contribution in [0.3, 0.4) is 0 Å². The molecule has 0 saturated carbocycles. The summed E-state index contributed by atoms with van der Waals surface area (Å²) in [4.78, 5) is 9.76. The third kappa shape index (κ3) is 11.2. The second-order valence-electron chi connectivity index (χ2n) is 29.6. The minimum absolute atomic E-state index is 0. The van der Waals surface area contributed by atoms with Gasteiger partial charge < -0.3 is 19.1 Å². The molecule has 0 saturated heterocycles. The van der Waals surface area contributed by atoms with Crippen LogP contribution in [0.1, 0.15) is 158 Å². The Morgan fingerprint density at radius 2 is 0.953 bits per heavy atom. The Bertz CT molecular complexity index is 4240. The van der Waals surface area contributed by atoms with Crippen molar-refractivity contribution < 1.29 is 25.8 Å². The summed E-state index contributed by atoms with van der Waals surface area (Å²) in [7, 11) is 0. The summed E-state index contributed by atoms with van der Waals surface area (Å²) < 4.78 is 11.7. The van der Waals surface area contributed by atoms with Crippen LogP contribution >= 0.6 is 11.3 Å². The number of para-hydroxylation sites is 2. The molecule has 0 amide bonds. The molecule has 1 aliphatic rings. The van der Waals surface area contributed by atoms with E-state index in [9.17, 15) is 0 Å². The molecular formula is C78H81N4OPtS-3. The average Bonchev–Trinajstić information content (AvgIpc) is 1.67. The first-order valence-corrected chi connectivity index (χ1v) is 30.7. The first-order valence-electron chi connectivity index (χ1n) is 29.9. The van der Waals surface area contributed by atoms with Gasteiger partial charge in [-0.15, -0.1) is 59.4 Å². The number of fused-ring (bicyclic) bond motifs is 8. The van der Waals surface area contributed by atoms with Crippen LogP contribution in [-0.4, -0.2) is 9.55 Å². The third-order valence-electron chi connectivity index (χ3n) is 17.0. The summed E-state index contributed by atoms with van der Waals surface area (Å²) >= 11 is 1.85. The van der Waals surface area contributed by atoms with Crippen molar-refractivity contribution in [2.24, 2.45) is 0 Å². The molecule has 5 nitrogen and oxygen atoms in total. The van der Waals surface area contributed by atoms with E-state index in [4.69, 9.17) is 9.72 Å². The molecule has 85 heavy (non-hydrogen) atoms. The molecule has 0 atom stereocenters. The van der Waals surface area contributed by atoms with Crippen LogP contribution in [0.2, 0.25) is 0 Å². The SMILES string of the molecule is CC(C)(C)c1cc(-c2cc(C(C)(C)C)cc(-c3cc(C(C)(C)C)cc(C(C)(C)C)c3)c2N2[CH-]N(c3[c-]c(Oc4[c-]c5c(cc4)c4c6sc7ccccc7c6ccc4n5-c4cc(C(C)(C)C)ccn4)ccc3)c3ccccc32)cc(C(C)(C)C)c1.[Pt]. The number of hydrogen-bond donors (Lipinski definition) is 0.